The minimum Gasteiger partial charge on any atom is -0.383 e. The van der Waals surface area contributed by atoms with Crippen molar-refractivity contribution in [1.82, 2.24) is 5.32 Å². The summed E-state index contributed by atoms with van der Waals surface area (Å²) in [5.41, 5.74) is 0.446. The maximum Gasteiger partial charge on any atom is 0.230 e. The normalized spacial score (nSPS) is 18.2. The van der Waals surface area contributed by atoms with E-state index in [-0.39, 0.29) is 17.8 Å². The fourth-order valence-electron chi connectivity index (χ4n) is 2.19. The zero-order chi connectivity index (χ0) is 13.2. The molecule has 0 aliphatic heterocycles. The summed E-state index contributed by atoms with van der Waals surface area (Å²) in [7, 11) is 1.61. The van der Waals surface area contributed by atoms with E-state index < -0.39 is 5.41 Å². The van der Waals surface area contributed by atoms with E-state index in [0.717, 1.165) is 18.4 Å². The number of hydrogen-bond donors (Lipinski definition) is 1. The van der Waals surface area contributed by atoms with Crippen LogP contribution in [0.3, 0.4) is 0 Å². The molecule has 0 heterocycles. The van der Waals surface area contributed by atoms with Crippen molar-refractivity contribution in [1.29, 1.82) is 0 Å². The Balaban J connectivity index is 2.07. The zero-order valence-electron chi connectivity index (χ0n) is 10.7. The second-order valence-corrected chi connectivity index (χ2v) is 4.92. The highest BCUT2D eigenvalue weighted by atomic mass is 19.1. The van der Waals surface area contributed by atoms with Crippen LogP contribution in [0.15, 0.2) is 24.3 Å². The van der Waals surface area contributed by atoms with E-state index in [0.29, 0.717) is 6.61 Å². The molecule has 4 heteroatoms. The molecular formula is C14H18FNO2. The Morgan fingerprint density at radius 1 is 1.44 bits per heavy atom. The van der Waals surface area contributed by atoms with E-state index in [9.17, 15) is 9.18 Å². The average Bonchev–Trinajstić information content (AvgIpc) is 3.11. The predicted octanol–water partition coefficient (Wildman–Crippen LogP) is 2.01. The Morgan fingerprint density at radius 2 is 2.06 bits per heavy atom. The molecule has 3 nitrogen and oxygen atoms in total. The maximum absolute atomic E-state index is 12.9. The molecule has 1 aliphatic carbocycles. The van der Waals surface area contributed by atoms with Gasteiger partial charge in [-0.1, -0.05) is 12.1 Å². The molecule has 1 fully saturated rings. The minimum atomic E-state index is -0.449. The lowest BCUT2D eigenvalue weighted by Crippen LogP contribution is -2.42. The van der Waals surface area contributed by atoms with E-state index in [4.69, 9.17) is 4.74 Å². The Bertz CT molecular complexity index is 426. The molecular weight excluding hydrogens is 233 g/mol. The first-order valence-corrected chi connectivity index (χ1v) is 6.14. The summed E-state index contributed by atoms with van der Waals surface area (Å²) in [6.07, 6.45) is 1.65. The van der Waals surface area contributed by atoms with Gasteiger partial charge in [0.15, 0.2) is 0 Å². The van der Waals surface area contributed by atoms with Crippen LogP contribution in [0.4, 0.5) is 4.39 Å². The summed E-state index contributed by atoms with van der Waals surface area (Å²) in [5, 5.41) is 2.94. The summed E-state index contributed by atoms with van der Waals surface area (Å²) in [5.74, 6) is -0.263. The van der Waals surface area contributed by atoms with Gasteiger partial charge in [-0.2, -0.15) is 0 Å². The van der Waals surface area contributed by atoms with E-state index in [1.54, 1.807) is 19.2 Å². The van der Waals surface area contributed by atoms with Gasteiger partial charge in [-0.25, -0.2) is 4.39 Å². The van der Waals surface area contributed by atoms with Crippen molar-refractivity contribution in [3.63, 3.8) is 0 Å². The molecule has 0 bridgehead atoms. The summed E-state index contributed by atoms with van der Waals surface area (Å²) in [6.45, 7) is 2.40. The van der Waals surface area contributed by atoms with Crippen molar-refractivity contribution in [2.75, 3.05) is 13.7 Å². The van der Waals surface area contributed by atoms with Crippen LogP contribution in [-0.2, 0) is 14.9 Å². The van der Waals surface area contributed by atoms with Gasteiger partial charge in [0.05, 0.1) is 12.0 Å². The smallest absolute Gasteiger partial charge is 0.230 e. The number of carbonyl (C=O) groups excluding carboxylic acids is 1. The van der Waals surface area contributed by atoms with E-state index in [2.05, 4.69) is 5.32 Å². The molecule has 1 unspecified atom stereocenters. The first kappa shape index (κ1) is 13.0. The molecule has 1 aromatic rings. The molecule has 18 heavy (non-hydrogen) atoms. The minimum absolute atomic E-state index is 0.0126. The van der Waals surface area contributed by atoms with Crippen molar-refractivity contribution in [3.8, 4) is 0 Å². The number of hydrogen-bond acceptors (Lipinski definition) is 2. The van der Waals surface area contributed by atoms with Crippen molar-refractivity contribution in [2.24, 2.45) is 0 Å². The molecule has 1 N–H and O–H groups in total. The summed E-state index contributed by atoms with van der Waals surface area (Å²) in [6, 6.07) is 6.19. The molecule has 1 amide bonds. The average molecular weight is 251 g/mol. The molecule has 98 valence electrons. The van der Waals surface area contributed by atoms with Crippen LogP contribution >= 0.6 is 0 Å². The summed E-state index contributed by atoms with van der Waals surface area (Å²) >= 11 is 0. The van der Waals surface area contributed by atoms with Crippen molar-refractivity contribution < 1.29 is 13.9 Å². The lowest BCUT2D eigenvalue weighted by molar-refractivity contribution is -0.124. The van der Waals surface area contributed by atoms with Gasteiger partial charge in [-0.3, -0.25) is 4.79 Å². The molecule has 1 atom stereocenters. The van der Waals surface area contributed by atoms with Gasteiger partial charge < -0.3 is 10.1 Å². The first-order valence-electron chi connectivity index (χ1n) is 6.14. The van der Waals surface area contributed by atoms with Crippen LogP contribution in [0, 0.1) is 5.82 Å². The number of methoxy groups -OCH3 is 1. The highest BCUT2D eigenvalue weighted by molar-refractivity contribution is 5.91. The third-order valence-corrected chi connectivity index (χ3v) is 3.38. The lowest BCUT2D eigenvalue weighted by Gasteiger charge is -2.19. The van der Waals surface area contributed by atoms with Crippen molar-refractivity contribution >= 4 is 5.91 Å². The maximum atomic E-state index is 12.9. The topological polar surface area (TPSA) is 38.3 Å². The Hall–Kier alpha value is -1.42. The number of amides is 1. The number of rotatable bonds is 5. The summed E-state index contributed by atoms with van der Waals surface area (Å²) in [4.78, 5) is 12.2. The van der Waals surface area contributed by atoms with Gasteiger partial charge in [0.2, 0.25) is 5.91 Å². The number of ether oxygens (including phenoxy) is 1. The zero-order valence-corrected chi connectivity index (χ0v) is 10.7. The van der Waals surface area contributed by atoms with Crippen LogP contribution in [0.5, 0.6) is 0 Å². The van der Waals surface area contributed by atoms with Gasteiger partial charge in [-0.15, -0.1) is 0 Å². The highest BCUT2D eigenvalue weighted by Crippen LogP contribution is 2.48. The standard InChI is InChI=1S/C14H18FNO2/c1-10(9-18-2)16-13(17)14(7-8-14)11-3-5-12(15)6-4-11/h3-6,10H,7-9H2,1-2H3,(H,16,17). The molecule has 0 saturated heterocycles. The monoisotopic (exact) mass is 251 g/mol. The number of halogens is 1. The van der Waals surface area contributed by atoms with Gasteiger partial charge in [0.1, 0.15) is 5.82 Å². The molecule has 0 spiro atoms. The highest BCUT2D eigenvalue weighted by Gasteiger charge is 2.51. The fraction of sp³-hybridized carbons (Fsp3) is 0.500. The van der Waals surface area contributed by atoms with E-state index >= 15 is 0 Å². The number of carbonyl (C=O) groups is 1. The third kappa shape index (κ3) is 2.53. The van der Waals surface area contributed by atoms with E-state index in [1.165, 1.54) is 12.1 Å². The molecule has 0 radical (unpaired) electrons. The number of nitrogens with one attached hydrogen (secondary N) is 1. The fourth-order valence-corrected chi connectivity index (χ4v) is 2.19. The second-order valence-electron chi connectivity index (χ2n) is 4.92. The quantitative estimate of drug-likeness (QED) is 0.869. The van der Waals surface area contributed by atoms with Gasteiger partial charge >= 0.3 is 0 Å². The van der Waals surface area contributed by atoms with Gasteiger partial charge in [-0.05, 0) is 37.5 Å². The third-order valence-electron chi connectivity index (χ3n) is 3.38. The van der Waals surface area contributed by atoms with Crippen molar-refractivity contribution in [2.45, 2.75) is 31.2 Å². The molecule has 2 rings (SSSR count). The molecule has 1 aromatic carbocycles. The summed E-state index contributed by atoms with van der Waals surface area (Å²) < 4.78 is 17.9. The lowest BCUT2D eigenvalue weighted by atomic mass is 9.94. The Kier molecular flexibility index (Phi) is 3.66. The van der Waals surface area contributed by atoms with Gasteiger partial charge in [0.25, 0.3) is 0 Å². The molecule has 1 saturated carbocycles. The Labute approximate surface area is 106 Å². The van der Waals surface area contributed by atoms with Gasteiger partial charge in [0, 0.05) is 13.2 Å². The van der Waals surface area contributed by atoms with Crippen LogP contribution < -0.4 is 5.32 Å². The second kappa shape index (κ2) is 5.06. The largest absolute Gasteiger partial charge is 0.383 e. The van der Waals surface area contributed by atoms with Crippen LogP contribution in [0.25, 0.3) is 0 Å². The number of benzene rings is 1. The molecule has 0 aromatic heterocycles. The molecule has 1 aliphatic rings. The SMILES string of the molecule is COCC(C)NC(=O)C1(c2ccc(F)cc2)CC1. The van der Waals surface area contributed by atoms with Crippen LogP contribution in [0.2, 0.25) is 0 Å². The van der Waals surface area contributed by atoms with Crippen LogP contribution in [-0.4, -0.2) is 25.7 Å². The van der Waals surface area contributed by atoms with E-state index in [1.807, 2.05) is 6.92 Å². The Morgan fingerprint density at radius 3 is 2.56 bits per heavy atom. The van der Waals surface area contributed by atoms with Crippen LogP contribution in [0.1, 0.15) is 25.3 Å². The van der Waals surface area contributed by atoms with Crippen molar-refractivity contribution in [3.05, 3.63) is 35.6 Å². The first-order chi connectivity index (χ1) is 8.58. The predicted molar refractivity (Wildman–Crippen MR) is 66.8 cm³/mol.